The van der Waals surface area contributed by atoms with Crippen molar-refractivity contribution in [2.24, 2.45) is 5.73 Å². The molecule has 8 heteroatoms. The van der Waals surface area contributed by atoms with Crippen LogP contribution in [0, 0.1) is 11.3 Å². The van der Waals surface area contributed by atoms with Gasteiger partial charge in [-0.3, -0.25) is 5.10 Å². The quantitative estimate of drug-likeness (QED) is 0.503. The molecule has 1 aliphatic rings. The Morgan fingerprint density at radius 1 is 1.27 bits per heavy atom. The van der Waals surface area contributed by atoms with Crippen LogP contribution in [0.2, 0.25) is 0 Å². The Hall–Kier alpha value is -3.99. The molecule has 1 atom stereocenters. The van der Waals surface area contributed by atoms with Gasteiger partial charge >= 0.3 is 5.97 Å². The number of hydrogen-bond donors (Lipinski definition) is 2. The normalized spacial score (nSPS) is 15.9. The summed E-state index contributed by atoms with van der Waals surface area (Å²) in [5.41, 5.74) is 8.47. The Balaban J connectivity index is 1.72. The average molecular weight is 404 g/mol. The number of aromatic nitrogens is 2. The van der Waals surface area contributed by atoms with Gasteiger partial charge in [-0.05, 0) is 29.8 Å². The van der Waals surface area contributed by atoms with Crippen molar-refractivity contribution in [1.82, 2.24) is 10.2 Å². The molecule has 152 valence electrons. The number of fused-ring (bicyclic) bond motifs is 1. The van der Waals surface area contributed by atoms with Gasteiger partial charge in [0.15, 0.2) is 0 Å². The van der Waals surface area contributed by atoms with Gasteiger partial charge < -0.3 is 19.6 Å². The van der Waals surface area contributed by atoms with Crippen LogP contribution in [0.5, 0.6) is 11.6 Å². The molecule has 3 aromatic rings. The fraction of sp³-hybridized carbons (Fsp3) is 0.227. The first-order valence-corrected chi connectivity index (χ1v) is 9.31. The van der Waals surface area contributed by atoms with E-state index in [2.05, 4.69) is 16.3 Å². The number of hydrogen-bond acceptors (Lipinski definition) is 7. The SMILES string of the molecule is CC(C)(C)c1[nH]nc2c1[C@@H](c1ccc(OC(=O)c3ccco3)cc1)C(C#N)=C(N)O2. The van der Waals surface area contributed by atoms with Crippen molar-refractivity contribution in [2.75, 3.05) is 0 Å². The summed E-state index contributed by atoms with van der Waals surface area (Å²) in [5.74, 6) is -0.200. The van der Waals surface area contributed by atoms with Gasteiger partial charge in [0.2, 0.25) is 17.5 Å². The number of ether oxygens (including phenoxy) is 2. The number of allylic oxidation sites excluding steroid dienone is 1. The number of rotatable bonds is 3. The molecule has 0 spiro atoms. The largest absolute Gasteiger partial charge is 0.457 e. The molecule has 1 aliphatic heterocycles. The summed E-state index contributed by atoms with van der Waals surface area (Å²) in [4.78, 5) is 12.1. The van der Waals surface area contributed by atoms with Gasteiger partial charge in [0.05, 0.1) is 17.7 Å². The zero-order valence-corrected chi connectivity index (χ0v) is 16.7. The van der Waals surface area contributed by atoms with Crippen LogP contribution in [-0.2, 0) is 5.41 Å². The number of nitrogens with two attached hydrogens (primary N) is 1. The predicted octanol–water partition coefficient (Wildman–Crippen LogP) is 3.74. The molecule has 0 radical (unpaired) electrons. The van der Waals surface area contributed by atoms with Crippen molar-refractivity contribution in [3.05, 3.63) is 76.7 Å². The standard InChI is InChI=1S/C22H20N4O4/c1-22(2,3)18-17-16(14(11-23)19(24)30-20(17)26-25-18)12-6-8-13(9-7-12)29-21(27)15-5-4-10-28-15/h4-10,16H,24H2,1-3H3,(H,25,26)/t16-/m0/s1. The maximum atomic E-state index is 12.1. The summed E-state index contributed by atoms with van der Waals surface area (Å²) in [7, 11) is 0. The van der Waals surface area contributed by atoms with Crippen LogP contribution in [0.1, 0.15) is 54.1 Å². The van der Waals surface area contributed by atoms with Gasteiger partial charge in [-0.25, -0.2) is 4.79 Å². The Labute approximate surface area is 172 Å². The van der Waals surface area contributed by atoms with Gasteiger partial charge in [0, 0.05) is 11.1 Å². The molecule has 30 heavy (non-hydrogen) atoms. The number of aromatic amines is 1. The van der Waals surface area contributed by atoms with E-state index in [1.54, 1.807) is 30.3 Å². The molecule has 3 heterocycles. The van der Waals surface area contributed by atoms with Crippen LogP contribution in [0.4, 0.5) is 0 Å². The number of nitriles is 1. The molecule has 0 aliphatic carbocycles. The molecule has 0 unspecified atom stereocenters. The minimum Gasteiger partial charge on any atom is -0.457 e. The molecule has 4 rings (SSSR count). The third kappa shape index (κ3) is 3.31. The van der Waals surface area contributed by atoms with Gasteiger partial charge in [0.25, 0.3) is 0 Å². The van der Waals surface area contributed by atoms with Crippen molar-refractivity contribution >= 4 is 5.97 Å². The van der Waals surface area contributed by atoms with Crippen LogP contribution in [0.3, 0.4) is 0 Å². The molecule has 0 saturated heterocycles. The van der Waals surface area contributed by atoms with Crippen LogP contribution < -0.4 is 15.2 Å². The summed E-state index contributed by atoms with van der Waals surface area (Å²) in [6.45, 7) is 6.13. The minimum atomic E-state index is -0.590. The number of esters is 1. The third-order valence-electron chi connectivity index (χ3n) is 4.84. The van der Waals surface area contributed by atoms with Gasteiger partial charge in [-0.15, -0.1) is 5.10 Å². The highest BCUT2D eigenvalue weighted by molar-refractivity contribution is 5.88. The molecule has 8 nitrogen and oxygen atoms in total. The number of nitrogens with zero attached hydrogens (tertiary/aromatic N) is 2. The molecule has 0 fully saturated rings. The molecule has 0 saturated carbocycles. The molecular formula is C22H20N4O4. The van der Waals surface area contributed by atoms with E-state index in [4.69, 9.17) is 19.6 Å². The monoisotopic (exact) mass is 404 g/mol. The number of benzene rings is 1. The predicted molar refractivity (Wildman–Crippen MR) is 107 cm³/mol. The summed E-state index contributed by atoms with van der Waals surface area (Å²) in [6, 6.07) is 12.2. The van der Waals surface area contributed by atoms with Crippen LogP contribution in [0.15, 0.2) is 58.5 Å². The van der Waals surface area contributed by atoms with Crippen molar-refractivity contribution < 1.29 is 18.7 Å². The van der Waals surface area contributed by atoms with E-state index >= 15 is 0 Å². The third-order valence-corrected chi connectivity index (χ3v) is 4.84. The van der Waals surface area contributed by atoms with Gasteiger partial charge in [-0.1, -0.05) is 32.9 Å². The minimum absolute atomic E-state index is 0.0234. The van der Waals surface area contributed by atoms with E-state index in [0.717, 1.165) is 16.8 Å². The van der Waals surface area contributed by atoms with Gasteiger partial charge in [0.1, 0.15) is 17.4 Å². The van der Waals surface area contributed by atoms with Crippen LogP contribution in [-0.4, -0.2) is 16.2 Å². The fourth-order valence-electron chi connectivity index (χ4n) is 3.43. The van der Waals surface area contributed by atoms with E-state index < -0.39 is 11.9 Å². The van der Waals surface area contributed by atoms with Crippen molar-refractivity contribution in [2.45, 2.75) is 32.1 Å². The van der Waals surface area contributed by atoms with Gasteiger partial charge in [-0.2, -0.15) is 5.26 Å². The highest BCUT2D eigenvalue weighted by Gasteiger charge is 2.38. The Kier molecular flexibility index (Phi) is 4.59. The summed E-state index contributed by atoms with van der Waals surface area (Å²) in [6.07, 6.45) is 1.40. The second-order valence-corrected chi connectivity index (χ2v) is 7.93. The first-order chi connectivity index (χ1) is 14.3. The first kappa shape index (κ1) is 19.3. The first-order valence-electron chi connectivity index (χ1n) is 9.31. The summed E-state index contributed by atoms with van der Waals surface area (Å²) >= 11 is 0. The molecule has 0 bridgehead atoms. The lowest BCUT2D eigenvalue weighted by Crippen LogP contribution is -2.23. The maximum Gasteiger partial charge on any atom is 0.379 e. The van der Waals surface area contributed by atoms with E-state index in [1.165, 1.54) is 12.3 Å². The van der Waals surface area contributed by atoms with Crippen LogP contribution >= 0.6 is 0 Å². The number of carbonyl (C=O) groups excluding carboxylic acids is 1. The highest BCUT2D eigenvalue weighted by Crippen LogP contribution is 2.45. The summed E-state index contributed by atoms with van der Waals surface area (Å²) < 4.78 is 16.0. The number of H-pyrrole nitrogens is 1. The molecule has 1 aromatic carbocycles. The van der Waals surface area contributed by atoms with Crippen molar-refractivity contribution in [3.63, 3.8) is 0 Å². The maximum absolute atomic E-state index is 12.1. The zero-order valence-electron chi connectivity index (χ0n) is 16.7. The number of carbonyl (C=O) groups is 1. The molecule has 2 aromatic heterocycles. The van der Waals surface area contributed by atoms with Crippen molar-refractivity contribution in [3.8, 4) is 17.7 Å². The Morgan fingerprint density at radius 2 is 2.00 bits per heavy atom. The van der Waals surface area contributed by atoms with Crippen molar-refractivity contribution in [1.29, 1.82) is 5.26 Å². The lowest BCUT2D eigenvalue weighted by molar-refractivity contribution is 0.0701. The topological polar surface area (TPSA) is 127 Å². The van der Waals surface area contributed by atoms with E-state index in [0.29, 0.717) is 17.2 Å². The number of furan rings is 1. The molecule has 0 amide bonds. The molecular weight excluding hydrogens is 384 g/mol. The van der Waals surface area contributed by atoms with E-state index in [9.17, 15) is 10.1 Å². The smallest absolute Gasteiger partial charge is 0.379 e. The number of nitrogens with one attached hydrogen (secondary N) is 1. The fourth-order valence-corrected chi connectivity index (χ4v) is 3.43. The second kappa shape index (κ2) is 7.12. The lowest BCUT2D eigenvalue weighted by atomic mass is 9.79. The van der Waals surface area contributed by atoms with E-state index in [-0.39, 0.29) is 17.1 Å². The lowest BCUT2D eigenvalue weighted by Gasteiger charge is -2.27. The zero-order chi connectivity index (χ0) is 21.5. The van der Waals surface area contributed by atoms with Crippen LogP contribution in [0.25, 0.3) is 0 Å². The Bertz CT molecular complexity index is 1160. The summed E-state index contributed by atoms with van der Waals surface area (Å²) in [5, 5.41) is 17.0. The highest BCUT2D eigenvalue weighted by atomic mass is 16.5. The Morgan fingerprint density at radius 3 is 2.60 bits per heavy atom. The van der Waals surface area contributed by atoms with E-state index in [1.807, 2.05) is 20.8 Å². The molecule has 3 N–H and O–H groups in total. The second-order valence-electron chi connectivity index (χ2n) is 7.93. The average Bonchev–Trinajstić information content (AvgIpc) is 3.37.